The lowest BCUT2D eigenvalue weighted by Crippen LogP contribution is -2.48. The number of carboxylic acids is 2. The normalized spacial score (nSPS) is 16.0. The molecule has 208 valence electrons. The number of aliphatic carboxylic acids is 2. The van der Waals surface area contributed by atoms with Crippen LogP contribution in [0.1, 0.15) is 18.4 Å². The third-order valence-corrected chi connectivity index (χ3v) is 5.47. The van der Waals surface area contributed by atoms with Crippen LogP contribution < -0.4 is 16.4 Å². The first-order valence-corrected chi connectivity index (χ1v) is 11.5. The molecule has 6 atom stereocenters. The fraction of sp³-hybridized carbons (Fsp3) is 0.522. The third kappa shape index (κ3) is 10.4. The van der Waals surface area contributed by atoms with E-state index in [0.717, 1.165) is 16.5 Å². The number of aromatic amines is 1. The number of carbonyl (C=O) groups is 3. The summed E-state index contributed by atoms with van der Waals surface area (Å²) < 4.78 is 0. The summed E-state index contributed by atoms with van der Waals surface area (Å²) in [6.45, 7) is -0.569. The second-order valence-electron chi connectivity index (χ2n) is 8.36. The Morgan fingerprint density at radius 3 is 2.19 bits per heavy atom. The van der Waals surface area contributed by atoms with Crippen LogP contribution in [0.4, 0.5) is 0 Å². The van der Waals surface area contributed by atoms with Crippen LogP contribution in [-0.4, -0.2) is 115 Å². The van der Waals surface area contributed by atoms with Gasteiger partial charge in [-0.25, -0.2) is 4.79 Å². The van der Waals surface area contributed by atoms with E-state index in [1.807, 2.05) is 24.3 Å². The van der Waals surface area contributed by atoms with Crippen molar-refractivity contribution in [2.24, 2.45) is 5.73 Å². The highest BCUT2D eigenvalue weighted by molar-refractivity contribution is 5.87. The first kappa shape index (κ1) is 31.9. The Morgan fingerprint density at radius 1 is 1.00 bits per heavy atom. The Labute approximate surface area is 212 Å². The number of carboxylic acid groups (broad SMARTS) is 2. The van der Waals surface area contributed by atoms with Gasteiger partial charge < -0.3 is 57.1 Å². The average molecular weight is 529 g/mol. The highest BCUT2D eigenvalue weighted by Crippen LogP contribution is 2.19. The number of rotatable bonds is 14. The van der Waals surface area contributed by atoms with Gasteiger partial charge >= 0.3 is 11.9 Å². The highest BCUT2D eigenvalue weighted by Gasteiger charge is 2.29. The van der Waals surface area contributed by atoms with Gasteiger partial charge in [0.05, 0.1) is 12.7 Å². The number of H-pyrrole nitrogens is 1. The summed E-state index contributed by atoms with van der Waals surface area (Å²) in [7, 11) is 1.57. The van der Waals surface area contributed by atoms with Crippen molar-refractivity contribution in [1.29, 1.82) is 0 Å². The second kappa shape index (κ2) is 15.9. The molecule has 0 aliphatic rings. The molecule has 0 aliphatic carbocycles. The van der Waals surface area contributed by atoms with E-state index in [0.29, 0.717) is 0 Å². The Bertz CT molecular complexity index is 1000. The number of amides is 1. The van der Waals surface area contributed by atoms with Crippen LogP contribution in [0.3, 0.4) is 0 Å². The number of aliphatic hydroxyl groups is 5. The van der Waals surface area contributed by atoms with E-state index in [-0.39, 0.29) is 25.8 Å². The molecule has 0 saturated heterocycles. The smallest absolute Gasteiger partial charge is 0.326 e. The van der Waals surface area contributed by atoms with Crippen molar-refractivity contribution < 1.29 is 50.1 Å². The zero-order valence-corrected chi connectivity index (χ0v) is 20.3. The van der Waals surface area contributed by atoms with E-state index in [4.69, 9.17) is 31.3 Å². The van der Waals surface area contributed by atoms with E-state index in [9.17, 15) is 24.6 Å². The van der Waals surface area contributed by atoms with Gasteiger partial charge in [-0.3, -0.25) is 9.59 Å². The van der Waals surface area contributed by atoms with Gasteiger partial charge in [0, 0.05) is 36.5 Å². The molecule has 1 aromatic carbocycles. The minimum Gasteiger partial charge on any atom is -0.480 e. The van der Waals surface area contributed by atoms with Crippen molar-refractivity contribution >= 4 is 28.7 Å². The summed E-state index contributed by atoms with van der Waals surface area (Å²) >= 11 is 0. The zero-order valence-electron chi connectivity index (χ0n) is 20.3. The highest BCUT2D eigenvalue weighted by atomic mass is 16.4. The van der Waals surface area contributed by atoms with Crippen LogP contribution in [0.15, 0.2) is 30.5 Å². The summed E-state index contributed by atoms with van der Waals surface area (Å²) in [6, 6.07) is 5.21. The fourth-order valence-electron chi connectivity index (χ4n) is 3.29. The monoisotopic (exact) mass is 528 g/mol. The van der Waals surface area contributed by atoms with Gasteiger partial charge in [0.25, 0.3) is 0 Å². The van der Waals surface area contributed by atoms with Gasteiger partial charge in [-0.1, -0.05) is 18.2 Å². The number of carbonyl (C=O) groups excluding carboxylic acids is 1. The summed E-state index contributed by atoms with van der Waals surface area (Å²) in [6.07, 6.45) is -4.01. The van der Waals surface area contributed by atoms with Gasteiger partial charge in [0.1, 0.15) is 30.4 Å². The van der Waals surface area contributed by atoms with E-state index in [2.05, 4.69) is 15.6 Å². The molecular formula is C23H36N4O10. The molecule has 0 radical (unpaired) electrons. The summed E-state index contributed by atoms with van der Waals surface area (Å²) in [5, 5.41) is 68.8. The Kier molecular flexibility index (Phi) is 13.7. The molecular weight excluding hydrogens is 492 g/mol. The molecule has 37 heavy (non-hydrogen) atoms. The lowest BCUT2D eigenvalue weighted by Gasteiger charge is -2.25. The van der Waals surface area contributed by atoms with Crippen molar-refractivity contribution in [3.63, 3.8) is 0 Å². The summed E-state index contributed by atoms with van der Waals surface area (Å²) in [5.74, 6) is -2.90. The first-order chi connectivity index (χ1) is 17.4. The van der Waals surface area contributed by atoms with Crippen LogP contribution in [0, 0.1) is 0 Å². The SMILES string of the molecule is CNC[C@H](O)[C@@H](O)[C@H](O)[C@H](O)CO.N[C@H](CCC(=O)N[C@H](Cc1c[nH]c2ccccc12)C(=O)O)C(=O)O. The Morgan fingerprint density at radius 2 is 1.62 bits per heavy atom. The molecule has 2 rings (SSSR count). The van der Waals surface area contributed by atoms with Gasteiger partial charge in [-0.2, -0.15) is 0 Å². The lowest BCUT2D eigenvalue weighted by atomic mass is 10.0. The van der Waals surface area contributed by atoms with Crippen molar-refractivity contribution in [3.05, 3.63) is 36.0 Å². The molecule has 0 saturated carbocycles. The number of likely N-dealkylation sites (N-methyl/N-ethyl adjacent to an activating group) is 1. The fourth-order valence-corrected chi connectivity index (χ4v) is 3.29. The number of hydrogen-bond acceptors (Lipinski definition) is 10. The third-order valence-electron chi connectivity index (χ3n) is 5.47. The van der Waals surface area contributed by atoms with Gasteiger partial charge in [0.15, 0.2) is 0 Å². The molecule has 12 N–H and O–H groups in total. The molecule has 2 aromatic rings. The predicted octanol–water partition coefficient (Wildman–Crippen LogP) is -2.89. The number of aliphatic hydroxyl groups excluding tert-OH is 5. The van der Waals surface area contributed by atoms with Crippen molar-refractivity contribution in [1.82, 2.24) is 15.6 Å². The molecule has 0 bridgehead atoms. The van der Waals surface area contributed by atoms with Crippen LogP contribution in [-0.2, 0) is 20.8 Å². The zero-order chi connectivity index (χ0) is 28.1. The number of para-hydroxylation sites is 1. The van der Waals surface area contributed by atoms with Gasteiger partial charge in [-0.05, 0) is 25.1 Å². The lowest BCUT2D eigenvalue weighted by molar-refractivity contribution is -0.142. The molecule has 1 amide bonds. The van der Waals surface area contributed by atoms with Gasteiger partial charge in [0.2, 0.25) is 5.91 Å². The molecule has 0 aliphatic heterocycles. The number of nitrogens with two attached hydrogens (primary N) is 1. The number of fused-ring (bicyclic) bond motifs is 1. The maximum atomic E-state index is 11.8. The van der Waals surface area contributed by atoms with Crippen LogP contribution in [0.5, 0.6) is 0 Å². The molecule has 0 unspecified atom stereocenters. The minimum absolute atomic E-state index is 0.0550. The number of benzene rings is 1. The molecule has 14 heteroatoms. The maximum Gasteiger partial charge on any atom is 0.326 e. The van der Waals surface area contributed by atoms with E-state index >= 15 is 0 Å². The summed E-state index contributed by atoms with van der Waals surface area (Å²) in [4.78, 5) is 36.9. The largest absolute Gasteiger partial charge is 0.480 e. The van der Waals surface area contributed by atoms with Crippen molar-refractivity contribution in [2.45, 2.75) is 55.8 Å². The number of aromatic nitrogens is 1. The standard InChI is InChI=1S/C16H19N3O5.C7H17NO5/c17-11(15(21)22)5-6-14(20)19-13(16(23)24)7-9-8-18-12-4-2-1-3-10(9)12;1-8-2-4(10)6(12)7(13)5(11)3-9/h1-4,8,11,13,18H,5-7,17H2,(H,19,20)(H,21,22)(H,23,24);4-13H,2-3H2,1H3/t11-,13-;4-,5+,6+,7+/m10/s1. The van der Waals surface area contributed by atoms with Gasteiger partial charge in [-0.15, -0.1) is 0 Å². The quantitative estimate of drug-likeness (QED) is 0.118. The number of hydrogen-bond donors (Lipinski definition) is 11. The Balaban J connectivity index is 0.000000448. The molecule has 1 heterocycles. The summed E-state index contributed by atoms with van der Waals surface area (Å²) in [5.41, 5.74) is 6.99. The first-order valence-electron chi connectivity index (χ1n) is 11.5. The second-order valence-corrected chi connectivity index (χ2v) is 8.36. The molecule has 0 spiro atoms. The van der Waals surface area contributed by atoms with Crippen LogP contribution in [0.25, 0.3) is 10.9 Å². The molecule has 14 nitrogen and oxygen atoms in total. The average Bonchev–Trinajstić information content (AvgIpc) is 3.28. The van der Waals surface area contributed by atoms with E-state index in [1.54, 1.807) is 13.2 Å². The van der Waals surface area contributed by atoms with Crippen molar-refractivity contribution in [2.75, 3.05) is 20.2 Å². The van der Waals surface area contributed by atoms with Crippen LogP contribution in [0.2, 0.25) is 0 Å². The van der Waals surface area contributed by atoms with E-state index < -0.39 is 61.0 Å². The Hall–Kier alpha value is -3.11. The molecule has 0 fully saturated rings. The topological polar surface area (TPSA) is 259 Å². The predicted molar refractivity (Wildman–Crippen MR) is 131 cm³/mol. The molecule has 1 aromatic heterocycles. The minimum atomic E-state index is -1.55. The maximum absolute atomic E-state index is 11.8. The van der Waals surface area contributed by atoms with E-state index in [1.165, 1.54) is 0 Å². The van der Waals surface area contributed by atoms with Crippen molar-refractivity contribution in [3.8, 4) is 0 Å². The van der Waals surface area contributed by atoms with Crippen LogP contribution >= 0.6 is 0 Å². The number of nitrogens with one attached hydrogen (secondary N) is 3.